The van der Waals surface area contributed by atoms with Gasteiger partial charge < -0.3 is 10.2 Å². The quantitative estimate of drug-likeness (QED) is 0.785. The molecule has 1 atom stereocenters. The first-order valence-corrected chi connectivity index (χ1v) is 8.00. The van der Waals surface area contributed by atoms with Gasteiger partial charge in [-0.05, 0) is 31.1 Å². The van der Waals surface area contributed by atoms with Crippen LogP contribution in [0.4, 0.5) is 0 Å². The maximum atomic E-state index is 12.6. The maximum absolute atomic E-state index is 12.6. The van der Waals surface area contributed by atoms with Crippen LogP contribution < -0.4 is 5.32 Å². The Balaban J connectivity index is 1.79. The number of benzene rings is 2. The summed E-state index contributed by atoms with van der Waals surface area (Å²) in [5.41, 5.74) is 1.65. The minimum absolute atomic E-state index is 0.116. The molecule has 2 aromatic carbocycles. The third kappa shape index (κ3) is 3.44. The van der Waals surface area contributed by atoms with Crippen LogP contribution in [-0.2, 0) is 0 Å². The summed E-state index contributed by atoms with van der Waals surface area (Å²) in [5.74, 6) is -0.144. The van der Waals surface area contributed by atoms with Gasteiger partial charge in [-0.15, -0.1) is 0 Å². The van der Waals surface area contributed by atoms with Gasteiger partial charge in [-0.2, -0.15) is 0 Å². The average molecular weight is 319 g/mol. The van der Waals surface area contributed by atoms with Crippen molar-refractivity contribution in [1.29, 1.82) is 0 Å². The van der Waals surface area contributed by atoms with E-state index in [0.717, 1.165) is 10.8 Å². The Hall–Kier alpha value is -2.72. The van der Waals surface area contributed by atoms with Crippen molar-refractivity contribution in [3.05, 3.63) is 78.1 Å². The van der Waals surface area contributed by atoms with Crippen molar-refractivity contribution in [1.82, 2.24) is 15.2 Å². The Morgan fingerprint density at radius 2 is 1.75 bits per heavy atom. The van der Waals surface area contributed by atoms with Gasteiger partial charge in [0.2, 0.25) is 0 Å². The number of hydrogen-bond donors (Lipinski definition) is 1. The van der Waals surface area contributed by atoms with Crippen LogP contribution in [0.15, 0.2) is 66.9 Å². The highest BCUT2D eigenvalue weighted by atomic mass is 16.1. The topological polar surface area (TPSA) is 45.2 Å². The van der Waals surface area contributed by atoms with Crippen LogP contribution in [0.2, 0.25) is 0 Å². The number of nitrogens with zero attached hydrogens (tertiary/aromatic N) is 2. The highest BCUT2D eigenvalue weighted by Gasteiger charge is 2.17. The van der Waals surface area contributed by atoms with Gasteiger partial charge in [0.15, 0.2) is 0 Å². The van der Waals surface area contributed by atoms with Crippen molar-refractivity contribution < 1.29 is 4.79 Å². The summed E-state index contributed by atoms with van der Waals surface area (Å²) in [5, 5.41) is 4.92. The van der Waals surface area contributed by atoms with E-state index in [1.54, 1.807) is 6.20 Å². The van der Waals surface area contributed by atoms with Crippen molar-refractivity contribution in [2.45, 2.75) is 6.04 Å². The molecule has 0 spiro atoms. The molecule has 24 heavy (non-hydrogen) atoms. The lowest BCUT2D eigenvalue weighted by atomic mass is 10.1. The monoisotopic (exact) mass is 319 g/mol. The van der Waals surface area contributed by atoms with E-state index in [1.165, 1.54) is 5.56 Å². The first-order valence-electron chi connectivity index (χ1n) is 8.00. The largest absolute Gasteiger partial charge is 0.349 e. The maximum Gasteiger partial charge on any atom is 0.270 e. The number of aromatic nitrogens is 1. The molecule has 3 aromatic rings. The van der Waals surface area contributed by atoms with Crippen LogP contribution in [0.5, 0.6) is 0 Å². The fourth-order valence-electron chi connectivity index (χ4n) is 2.85. The number of amides is 1. The van der Waals surface area contributed by atoms with E-state index >= 15 is 0 Å². The fourth-order valence-corrected chi connectivity index (χ4v) is 2.85. The van der Waals surface area contributed by atoms with E-state index in [0.29, 0.717) is 12.2 Å². The molecule has 0 aliphatic heterocycles. The smallest absolute Gasteiger partial charge is 0.270 e. The summed E-state index contributed by atoms with van der Waals surface area (Å²) in [7, 11) is 4.03. The van der Waals surface area contributed by atoms with Gasteiger partial charge in [0.25, 0.3) is 5.91 Å². The molecule has 122 valence electrons. The Morgan fingerprint density at radius 1 is 1.04 bits per heavy atom. The van der Waals surface area contributed by atoms with Crippen LogP contribution in [0.25, 0.3) is 10.8 Å². The summed E-state index contributed by atoms with van der Waals surface area (Å²) in [6.45, 7) is 0.529. The summed E-state index contributed by atoms with van der Waals surface area (Å²) in [4.78, 5) is 19.0. The molecule has 4 heteroatoms. The minimum Gasteiger partial charge on any atom is -0.349 e. The fraction of sp³-hybridized carbons (Fsp3) is 0.200. The first kappa shape index (κ1) is 16.1. The second kappa shape index (κ2) is 7.23. The van der Waals surface area contributed by atoms with Gasteiger partial charge in [-0.1, -0.05) is 54.6 Å². The van der Waals surface area contributed by atoms with Gasteiger partial charge in [-0.25, -0.2) is 0 Å². The molecule has 0 saturated carbocycles. The summed E-state index contributed by atoms with van der Waals surface area (Å²) in [6, 6.07) is 20.0. The van der Waals surface area contributed by atoms with Crippen molar-refractivity contribution in [2.75, 3.05) is 20.6 Å². The van der Waals surface area contributed by atoms with E-state index in [-0.39, 0.29) is 11.9 Å². The molecule has 0 radical (unpaired) electrons. The van der Waals surface area contributed by atoms with E-state index < -0.39 is 0 Å². The van der Waals surface area contributed by atoms with Crippen molar-refractivity contribution in [2.24, 2.45) is 0 Å². The van der Waals surface area contributed by atoms with Crippen LogP contribution in [0.3, 0.4) is 0 Å². The highest BCUT2D eigenvalue weighted by Crippen LogP contribution is 2.18. The highest BCUT2D eigenvalue weighted by molar-refractivity contribution is 6.05. The van der Waals surface area contributed by atoms with Gasteiger partial charge in [-0.3, -0.25) is 9.78 Å². The number of pyridine rings is 1. The standard InChI is InChI=1S/C20H21N3O/c1-23(2)18(16-9-4-3-5-10-16)14-22-20(24)19-17-11-7-6-8-15(17)12-13-21-19/h3-13,18H,14H2,1-2H3,(H,22,24)/t18-/m1/s1. The molecule has 4 nitrogen and oxygen atoms in total. The molecule has 1 N–H and O–H groups in total. The molecule has 3 rings (SSSR count). The number of nitrogens with one attached hydrogen (secondary N) is 1. The lowest BCUT2D eigenvalue weighted by Crippen LogP contribution is -2.35. The number of likely N-dealkylation sites (N-methyl/N-ethyl adjacent to an activating group) is 1. The number of rotatable bonds is 5. The SMILES string of the molecule is CN(C)[C@H](CNC(=O)c1nccc2ccccc12)c1ccccc1. The summed E-state index contributed by atoms with van der Waals surface area (Å²) >= 11 is 0. The van der Waals surface area contributed by atoms with Gasteiger partial charge in [0.05, 0.1) is 6.04 Å². The summed E-state index contributed by atoms with van der Waals surface area (Å²) in [6.07, 6.45) is 1.68. The Kier molecular flexibility index (Phi) is 4.87. The van der Waals surface area contributed by atoms with Crippen LogP contribution in [-0.4, -0.2) is 36.4 Å². The molecule has 0 bridgehead atoms. The van der Waals surface area contributed by atoms with Crippen LogP contribution >= 0.6 is 0 Å². The zero-order chi connectivity index (χ0) is 16.9. The molecule has 1 aromatic heterocycles. The molecular weight excluding hydrogens is 298 g/mol. The number of carbonyl (C=O) groups is 1. The van der Waals surface area contributed by atoms with Crippen LogP contribution in [0.1, 0.15) is 22.1 Å². The average Bonchev–Trinajstić information content (AvgIpc) is 2.62. The first-order chi connectivity index (χ1) is 11.7. The predicted octanol–water partition coefficient (Wildman–Crippen LogP) is 3.27. The number of hydrogen-bond acceptors (Lipinski definition) is 3. The lowest BCUT2D eigenvalue weighted by Gasteiger charge is -2.25. The zero-order valence-electron chi connectivity index (χ0n) is 13.9. The Labute approximate surface area is 142 Å². The molecule has 0 saturated heterocycles. The normalized spacial score (nSPS) is 12.3. The van der Waals surface area contributed by atoms with Crippen molar-refractivity contribution >= 4 is 16.7 Å². The second-order valence-electron chi connectivity index (χ2n) is 5.98. The molecule has 0 unspecified atom stereocenters. The van der Waals surface area contributed by atoms with Crippen molar-refractivity contribution in [3.63, 3.8) is 0 Å². The third-order valence-corrected chi connectivity index (χ3v) is 4.15. The molecule has 1 amide bonds. The molecular formula is C20H21N3O. The van der Waals surface area contributed by atoms with Gasteiger partial charge in [0.1, 0.15) is 5.69 Å². The second-order valence-corrected chi connectivity index (χ2v) is 5.98. The predicted molar refractivity (Wildman–Crippen MR) is 96.9 cm³/mol. The zero-order valence-corrected chi connectivity index (χ0v) is 13.9. The van der Waals surface area contributed by atoms with E-state index in [9.17, 15) is 4.79 Å². The van der Waals surface area contributed by atoms with Crippen LogP contribution in [0, 0.1) is 0 Å². The molecule has 0 aliphatic carbocycles. The Morgan fingerprint density at radius 3 is 2.50 bits per heavy atom. The summed E-state index contributed by atoms with van der Waals surface area (Å²) < 4.78 is 0. The van der Waals surface area contributed by atoms with Gasteiger partial charge in [0, 0.05) is 18.1 Å². The van der Waals surface area contributed by atoms with Gasteiger partial charge >= 0.3 is 0 Å². The third-order valence-electron chi connectivity index (χ3n) is 4.15. The Bertz CT molecular complexity index is 825. The van der Waals surface area contributed by atoms with E-state index in [4.69, 9.17) is 0 Å². The van der Waals surface area contributed by atoms with Crippen molar-refractivity contribution in [3.8, 4) is 0 Å². The van der Waals surface area contributed by atoms with E-state index in [2.05, 4.69) is 27.3 Å². The number of carbonyl (C=O) groups excluding carboxylic acids is 1. The minimum atomic E-state index is -0.144. The molecule has 0 aliphatic rings. The molecule has 1 heterocycles. The van der Waals surface area contributed by atoms with E-state index in [1.807, 2.05) is 62.6 Å². The lowest BCUT2D eigenvalue weighted by molar-refractivity contribution is 0.0939. The molecule has 0 fully saturated rings. The number of fused-ring (bicyclic) bond motifs is 1.